The Labute approximate surface area is 65.5 Å². The molecule has 0 aliphatic rings. The topological polar surface area (TPSA) is 84.6 Å². The van der Waals surface area contributed by atoms with Crippen molar-refractivity contribution in [2.45, 2.75) is 18.9 Å². The molecule has 0 bridgehead atoms. The van der Waals surface area contributed by atoms with Gasteiger partial charge in [0.15, 0.2) is 0 Å². The van der Waals surface area contributed by atoms with Crippen LogP contribution >= 0.6 is 0 Å². The molecule has 0 heterocycles. The third-order valence-electron chi connectivity index (χ3n) is 1.34. The second-order valence-corrected chi connectivity index (χ2v) is 2.14. The van der Waals surface area contributed by atoms with Crippen LogP contribution in [0.15, 0.2) is 0 Å². The predicted molar refractivity (Wildman–Crippen MR) is 39.0 cm³/mol. The Hall–Kier alpha value is -0.650. The van der Waals surface area contributed by atoms with Crippen LogP contribution in [0.3, 0.4) is 0 Å². The number of rotatable bonds is 5. The van der Waals surface area contributed by atoms with Crippen molar-refractivity contribution in [3.05, 3.63) is 0 Å². The molecule has 66 valence electrons. The second kappa shape index (κ2) is 6.09. The first-order valence-electron chi connectivity index (χ1n) is 3.43. The third kappa shape index (κ3) is 3.92. The van der Waals surface area contributed by atoms with Gasteiger partial charge in [0.2, 0.25) is 0 Å². The van der Waals surface area contributed by atoms with Gasteiger partial charge >= 0.3 is 5.97 Å². The van der Waals surface area contributed by atoms with Gasteiger partial charge in [0.05, 0.1) is 7.11 Å². The van der Waals surface area contributed by atoms with Crippen LogP contribution in [0.2, 0.25) is 0 Å². The van der Waals surface area contributed by atoms with Crippen molar-refractivity contribution >= 4 is 5.97 Å². The molecule has 0 aliphatic carbocycles. The number of hydrogen-bond donors (Lipinski definition) is 3. The van der Waals surface area contributed by atoms with Crippen LogP contribution in [0.25, 0.3) is 0 Å². The van der Waals surface area contributed by atoms with Crippen molar-refractivity contribution in [3.8, 4) is 0 Å². The van der Waals surface area contributed by atoms with Crippen molar-refractivity contribution in [2.75, 3.05) is 13.7 Å². The van der Waals surface area contributed by atoms with Gasteiger partial charge in [0.25, 0.3) is 0 Å². The fourth-order valence-corrected chi connectivity index (χ4v) is 0.699. The lowest BCUT2D eigenvalue weighted by atomic mass is 10.2. The summed E-state index contributed by atoms with van der Waals surface area (Å²) in [5, 5.41) is 8.46. The normalized spacial score (nSPS) is 12.6. The smallest absolute Gasteiger partial charge is 0.325 e. The maximum atomic E-state index is 10.8. The Morgan fingerprint density at radius 2 is 2.45 bits per heavy atom. The summed E-state index contributed by atoms with van der Waals surface area (Å²) in [7, 11) is 1.27. The van der Waals surface area contributed by atoms with E-state index in [2.05, 4.69) is 4.74 Å². The highest BCUT2D eigenvalue weighted by Crippen LogP contribution is 1.96. The molecule has 5 nitrogen and oxygen atoms in total. The summed E-state index contributed by atoms with van der Waals surface area (Å²) in [6.45, 7) is 0.495. The van der Waals surface area contributed by atoms with E-state index < -0.39 is 12.0 Å². The number of hydroxylamine groups is 1. The molecule has 4 N–H and O–H groups in total. The number of nitrogens with two attached hydrogens (primary N) is 1. The summed E-state index contributed by atoms with van der Waals surface area (Å²) in [6.07, 6.45) is 1.16. The summed E-state index contributed by atoms with van der Waals surface area (Å²) < 4.78 is 4.40. The molecule has 0 spiro atoms. The molecule has 0 saturated heterocycles. The third-order valence-corrected chi connectivity index (χ3v) is 1.34. The lowest BCUT2D eigenvalue weighted by Crippen LogP contribution is -2.35. The maximum Gasteiger partial charge on any atom is 0.325 e. The van der Waals surface area contributed by atoms with Crippen LogP contribution in [0.4, 0.5) is 0 Å². The average molecular weight is 162 g/mol. The first kappa shape index (κ1) is 10.3. The van der Waals surface area contributed by atoms with Crippen LogP contribution < -0.4 is 11.2 Å². The zero-order valence-corrected chi connectivity index (χ0v) is 6.54. The Balaban J connectivity index is 3.65. The van der Waals surface area contributed by atoms with Gasteiger partial charge in [-0.15, -0.1) is 0 Å². The van der Waals surface area contributed by atoms with Gasteiger partial charge in [-0.1, -0.05) is 0 Å². The van der Waals surface area contributed by atoms with Crippen molar-refractivity contribution in [3.63, 3.8) is 0 Å². The van der Waals surface area contributed by atoms with Gasteiger partial charge in [-0.25, -0.2) is 0 Å². The summed E-state index contributed by atoms with van der Waals surface area (Å²) >= 11 is 0. The van der Waals surface area contributed by atoms with E-state index in [1.165, 1.54) is 7.11 Å². The van der Waals surface area contributed by atoms with Crippen LogP contribution in [-0.2, 0) is 9.53 Å². The molecule has 0 rings (SSSR count). The molecule has 0 radical (unpaired) electrons. The minimum Gasteiger partial charge on any atom is -0.468 e. The van der Waals surface area contributed by atoms with Gasteiger partial charge in [-0.05, 0) is 19.4 Å². The van der Waals surface area contributed by atoms with E-state index in [0.717, 1.165) is 0 Å². The molecule has 1 atom stereocenters. The van der Waals surface area contributed by atoms with Crippen LogP contribution in [0, 0.1) is 0 Å². The fourth-order valence-electron chi connectivity index (χ4n) is 0.699. The van der Waals surface area contributed by atoms with Crippen molar-refractivity contribution < 1.29 is 14.7 Å². The Bertz CT molecular complexity index is 118. The first-order valence-corrected chi connectivity index (χ1v) is 3.43. The predicted octanol–water partition coefficient (Wildman–Crippen LogP) is -0.754. The average Bonchev–Trinajstić information content (AvgIpc) is 2.05. The van der Waals surface area contributed by atoms with Crippen LogP contribution in [-0.4, -0.2) is 30.9 Å². The van der Waals surface area contributed by atoms with Crippen molar-refractivity contribution in [2.24, 2.45) is 5.73 Å². The lowest BCUT2D eigenvalue weighted by molar-refractivity contribution is -0.146. The number of carbonyl (C=O) groups excluding carboxylic acids is 1. The lowest BCUT2D eigenvalue weighted by Gasteiger charge is -2.10. The molecule has 0 aromatic rings. The molecule has 0 aromatic carbocycles. The van der Waals surface area contributed by atoms with Gasteiger partial charge in [-0.3, -0.25) is 4.79 Å². The quantitative estimate of drug-likeness (QED) is 0.366. The number of esters is 1. The highest BCUT2D eigenvalue weighted by atomic mass is 16.5. The zero-order chi connectivity index (χ0) is 8.69. The van der Waals surface area contributed by atoms with Gasteiger partial charge in [0, 0.05) is 0 Å². The summed E-state index contributed by atoms with van der Waals surface area (Å²) in [4.78, 5) is 10.8. The largest absolute Gasteiger partial charge is 0.468 e. The minimum atomic E-state index is -0.649. The highest BCUT2D eigenvalue weighted by Gasteiger charge is 2.16. The van der Waals surface area contributed by atoms with E-state index in [-0.39, 0.29) is 0 Å². The number of ether oxygens (including phenoxy) is 1. The minimum absolute atomic E-state index is 0.471. The van der Waals surface area contributed by atoms with Crippen LogP contribution in [0.5, 0.6) is 0 Å². The molecule has 0 aliphatic heterocycles. The van der Waals surface area contributed by atoms with E-state index in [0.29, 0.717) is 19.4 Å². The fraction of sp³-hybridized carbons (Fsp3) is 0.833. The summed E-state index contributed by atoms with van der Waals surface area (Å²) in [6, 6.07) is -0.649. The van der Waals surface area contributed by atoms with Gasteiger partial charge in [0.1, 0.15) is 6.04 Å². The summed E-state index contributed by atoms with van der Waals surface area (Å²) in [5.74, 6) is -0.471. The maximum absolute atomic E-state index is 10.8. The van der Waals surface area contributed by atoms with Gasteiger partial charge < -0.3 is 15.7 Å². The molecule has 11 heavy (non-hydrogen) atoms. The molecular formula is C6H14N2O3. The van der Waals surface area contributed by atoms with Gasteiger partial charge in [-0.2, -0.15) is 5.48 Å². The van der Waals surface area contributed by atoms with E-state index in [1.54, 1.807) is 0 Å². The Kier molecular flexibility index (Phi) is 5.73. The first-order chi connectivity index (χ1) is 5.26. The summed E-state index contributed by atoms with van der Waals surface area (Å²) in [5.41, 5.74) is 7.07. The van der Waals surface area contributed by atoms with E-state index in [4.69, 9.17) is 10.9 Å². The molecule has 0 fully saturated rings. The molecular weight excluding hydrogens is 148 g/mol. The molecule has 5 heteroatoms. The zero-order valence-electron chi connectivity index (χ0n) is 6.54. The monoisotopic (exact) mass is 162 g/mol. The number of nitrogens with one attached hydrogen (secondary N) is 1. The molecule has 0 aromatic heterocycles. The Morgan fingerprint density at radius 1 is 1.82 bits per heavy atom. The second-order valence-electron chi connectivity index (χ2n) is 2.14. The molecule has 0 unspecified atom stereocenters. The Morgan fingerprint density at radius 3 is 2.82 bits per heavy atom. The SMILES string of the molecule is COC(=O)[C@@H](CCCN)NO. The standard InChI is InChI=1S/C6H14N2O3/c1-11-6(9)5(8-10)3-2-4-7/h5,8,10H,2-4,7H2,1H3/t5-/m1/s1. The van der Waals surface area contributed by atoms with Crippen molar-refractivity contribution in [1.82, 2.24) is 5.48 Å². The highest BCUT2D eigenvalue weighted by molar-refractivity contribution is 5.75. The molecule has 0 saturated carbocycles. The van der Waals surface area contributed by atoms with E-state index in [9.17, 15) is 4.79 Å². The number of carbonyl (C=O) groups is 1. The van der Waals surface area contributed by atoms with E-state index >= 15 is 0 Å². The van der Waals surface area contributed by atoms with Crippen LogP contribution in [0.1, 0.15) is 12.8 Å². The number of hydrogen-bond acceptors (Lipinski definition) is 5. The van der Waals surface area contributed by atoms with Crippen molar-refractivity contribution in [1.29, 1.82) is 0 Å². The number of methoxy groups -OCH3 is 1. The van der Waals surface area contributed by atoms with E-state index in [1.807, 2.05) is 5.48 Å². The molecule has 0 amide bonds.